The van der Waals surface area contributed by atoms with Crippen LogP contribution < -0.4 is 11.1 Å². The molecule has 0 radical (unpaired) electrons. The van der Waals surface area contributed by atoms with Crippen LogP contribution in [0.4, 0.5) is 0 Å². The van der Waals surface area contributed by atoms with E-state index in [-0.39, 0.29) is 11.3 Å². The van der Waals surface area contributed by atoms with Crippen molar-refractivity contribution in [2.24, 2.45) is 5.73 Å². The van der Waals surface area contributed by atoms with Gasteiger partial charge in [0.2, 0.25) is 11.8 Å². The van der Waals surface area contributed by atoms with E-state index in [0.29, 0.717) is 12.8 Å². The fourth-order valence-corrected chi connectivity index (χ4v) is 1.35. The van der Waals surface area contributed by atoms with Crippen LogP contribution >= 0.6 is 0 Å². The second kappa shape index (κ2) is 5.11. The number of aliphatic carboxylic acids is 1. The lowest BCUT2D eigenvalue weighted by atomic mass is 10.0. The van der Waals surface area contributed by atoms with Gasteiger partial charge in [0.05, 0.1) is 11.3 Å². The summed E-state index contributed by atoms with van der Waals surface area (Å²) < 4.78 is 0. The summed E-state index contributed by atoms with van der Waals surface area (Å²) in [6.07, 6.45) is 3.97. The van der Waals surface area contributed by atoms with Gasteiger partial charge in [-0.15, -0.1) is 0 Å². The van der Waals surface area contributed by atoms with E-state index < -0.39 is 24.2 Å². The lowest BCUT2D eigenvalue weighted by molar-refractivity contribution is -0.132. The zero-order chi connectivity index (χ0) is 12.1. The Bertz CT molecular complexity index is 396. The molecule has 2 amide bonds. The maximum Gasteiger partial charge on any atom is 0.337 e. The summed E-state index contributed by atoms with van der Waals surface area (Å²) in [5.41, 5.74) is 5.12. The normalized spacial score (nSPS) is 14.8. The van der Waals surface area contributed by atoms with Gasteiger partial charge in [-0.1, -0.05) is 12.2 Å². The van der Waals surface area contributed by atoms with Gasteiger partial charge in [-0.2, -0.15) is 0 Å². The molecule has 1 aliphatic rings. The highest BCUT2D eigenvalue weighted by molar-refractivity contribution is 5.99. The third-order valence-electron chi connectivity index (χ3n) is 1.99. The summed E-state index contributed by atoms with van der Waals surface area (Å²) in [5.74, 6) is -2.46. The minimum absolute atomic E-state index is 0.0454. The number of primary amides is 1. The quantitative estimate of drug-likeness (QED) is 0.568. The Morgan fingerprint density at radius 1 is 1.31 bits per heavy atom. The molecule has 0 aliphatic heterocycles. The lowest BCUT2D eigenvalue weighted by Gasteiger charge is -2.13. The molecule has 1 rings (SSSR count). The molecule has 6 nitrogen and oxygen atoms in total. The molecule has 0 aromatic heterocycles. The number of carbonyl (C=O) groups is 3. The molecule has 0 aromatic rings. The monoisotopic (exact) mass is 224 g/mol. The van der Waals surface area contributed by atoms with Crippen LogP contribution in [0, 0.1) is 0 Å². The first-order chi connectivity index (χ1) is 7.50. The largest absolute Gasteiger partial charge is 0.478 e. The smallest absolute Gasteiger partial charge is 0.337 e. The van der Waals surface area contributed by atoms with Crippen LogP contribution in [0.1, 0.15) is 19.3 Å². The minimum atomic E-state index is -1.11. The number of nitrogens with two attached hydrogens (primary N) is 1. The Balaban J connectivity index is 2.69. The third-order valence-corrected chi connectivity index (χ3v) is 1.99. The number of nitrogens with one attached hydrogen (secondary N) is 1. The molecule has 1 aliphatic carbocycles. The van der Waals surface area contributed by atoms with Crippen molar-refractivity contribution >= 4 is 17.8 Å². The molecule has 6 heteroatoms. The van der Waals surface area contributed by atoms with Crippen molar-refractivity contribution in [3.8, 4) is 0 Å². The number of hydrogen-bond donors (Lipinski definition) is 3. The molecule has 0 atom stereocenters. The molecule has 0 fully saturated rings. The van der Waals surface area contributed by atoms with Crippen molar-refractivity contribution in [3.63, 3.8) is 0 Å². The predicted octanol–water partition coefficient (Wildman–Crippen LogP) is -0.333. The fourth-order valence-electron chi connectivity index (χ4n) is 1.35. The standard InChI is InChI=1S/C10H12N2O4/c11-8(13)5-9(14)12-7-4-2-1-3-6(7)10(15)16/h3-4H,1-2,5H2,(H2,11,13)(H,12,14)(H,15,16). The van der Waals surface area contributed by atoms with Crippen LogP contribution in [0.15, 0.2) is 23.4 Å². The van der Waals surface area contributed by atoms with Gasteiger partial charge < -0.3 is 16.2 Å². The van der Waals surface area contributed by atoms with E-state index in [1.165, 1.54) is 6.08 Å². The van der Waals surface area contributed by atoms with Gasteiger partial charge in [-0.05, 0) is 12.8 Å². The molecule has 0 unspecified atom stereocenters. The Morgan fingerprint density at radius 3 is 2.50 bits per heavy atom. The number of carbonyl (C=O) groups excluding carboxylic acids is 2. The van der Waals surface area contributed by atoms with Gasteiger partial charge >= 0.3 is 5.97 Å². The Hall–Kier alpha value is -2.11. The summed E-state index contributed by atoms with van der Waals surface area (Å²) in [6.45, 7) is 0. The SMILES string of the molecule is NC(=O)CC(=O)NC1=CCCC=C1C(=O)O. The zero-order valence-corrected chi connectivity index (χ0v) is 8.53. The molecule has 0 saturated heterocycles. The van der Waals surface area contributed by atoms with Gasteiger partial charge in [0.15, 0.2) is 0 Å². The first-order valence-corrected chi connectivity index (χ1v) is 4.73. The van der Waals surface area contributed by atoms with Gasteiger partial charge in [0.1, 0.15) is 6.42 Å². The van der Waals surface area contributed by atoms with Crippen molar-refractivity contribution in [2.45, 2.75) is 19.3 Å². The molecule has 0 bridgehead atoms. The highest BCUT2D eigenvalue weighted by Crippen LogP contribution is 2.16. The fraction of sp³-hybridized carbons (Fsp3) is 0.300. The molecule has 86 valence electrons. The number of hydrogen-bond acceptors (Lipinski definition) is 3. The highest BCUT2D eigenvalue weighted by atomic mass is 16.4. The van der Waals surface area contributed by atoms with Crippen molar-refractivity contribution < 1.29 is 19.5 Å². The predicted molar refractivity (Wildman–Crippen MR) is 55.0 cm³/mol. The summed E-state index contributed by atoms with van der Waals surface area (Å²) >= 11 is 0. The topological polar surface area (TPSA) is 109 Å². The molecule has 0 spiro atoms. The molecule has 4 N–H and O–H groups in total. The molecular weight excluding hydrogens is 212 g/mol. The molecular formula is C10H12N2O4. The average molecular weight is 224 g/mol. The summed E-state index contributed by atoms with van der Waals surface area (Å²) in [4.78, 5) is 32.5. The second-order valence-corrected chi connectivity index (χ2v) is 3.31. The summed E-state index contributed by atoms with van der Waals surface area (Å²) in [7, 11) is 0. The summed E-state index contributed by atoms with van der Waals surface area (Å²) in [6, 6.07) is 0. The van der Waals surface area contributed by atoms with Gasteiger partial charge in [0, 0.05) is 0 Å². The average Bonchev–Trinajstić information content (AvgIpc) is 2.16. The Morgan fingerprint density at radius 2 is 1.94 bits per heavy atom. The van der Waals surface area contributed by atoms with E-state index in [9.17, 15) is 14.4 Å². The highest BCUT2D eigenvalue weighted by Gasteiger charge is 2.18. The van der Waals surface area contributed by atoms with Crippen molar-refractivity contribution in [2.75, 3.05) is 0 Å². The third kappa shape index (κ3) is 3.23. The number of carboxylic acids is 1. The van der Waals surface area contributed by atoms with Gasteiger partial charge in [-0.3, -0.25) is 9.59 Å². The van der Waals surface area contributed by atoms with Crippen LogP contribution in [0.25, 0.3) is 0 Å². The van der Waals surface area contributed by atoms with E-state index in [2.05, 4.69) is 5.32 Å². The molecule has 16 heavy (non-hydrogen) atoms. The van der Waals surface area contributed by atoms with E-state index >= 15 is 0 Å². The second-order valence-electron chi connectivity index (χ2n) is 3.31. The van der Waals surface area contributed by atoms with Crippen LogP contribution in [0.5, 0.6) is 0 Å². The maximum absolute atomic E-state index is 11.2. The molecule has 0 saturated carbocycles. The van der Waals surface area contributed by atoms with E-state index in [1.54, 1.807) is 6.08 Å². The zero-order valence-electron chi connectivity index (χ0n) is 8.53. The van der Waals surface area contributed by atoms with Crippen LogP contribution in [0.2, 0.25) is 0 Å². The molecule has 0 aromatic carbocycles. The van der Waals surface area contributed by atoms with Crippen LogP contribution in [-0.2, 0) is 14.4 Å². The number of amides is 2. The van der Waals surface area contributed by atoms with Crippen molar-refractivity contribution in [1.82, 2.24) is 5.32 Å². The molecule has 0 heterocycles. The van der Waals surface area contributed by atoms with Crippen molar-refractivity contribution in [3.05, 3.63) is 23.4 Å². The van der Waals surface area contributed by atoms with Crippen molar-refractivity contribution in [1.29, 1.82) is 0 Å². The Kier molecular flexibility index (Phi) is 3.82. The van der Waals surface area contributed by atoms with Crippen LogP contribution in [-0.4, -0.2) is 22.9 Å². The van der Waals surface area contributed by atoms with Gasteiger partial charge in [-0.25, -0.2) is 4.79 Å². The summed E-state index contributed by atoms with van der Waals surface area (Å²) in [5, 5.41) is 11.2. The Labute approximate surface area is 91.8 Å². The first kappa shape index (κ1) is 12.0. The van der Waals surface area contributed by atoms with E-state index in [0.717, 1.165) is 0 Å². The number of rotatable bonds is 4. The minimum Gasteiger partial charge on any atom is -0.478 e. The lowest BCUT2D eigenvalue weighted by Crippen LogP contribution is -2.30. The van der Waals surface area contributed by atoms with Gasteiger partial charge in [0.25, 0.3) is 0 Å². The van der Waals surface area contributed by atoms with Crippen LogP contribution in [0.3, 0.4) is 0 Å². The van der Waals surface area contributed by atoms with E-state index in [4.69, 9.17) is 10.8 Å². The van der Waals surface area contributed by atoms with E-state index in [1.807, 2.05) is 0 Å². The first-order valence-electron chi connectivity index (χ1n) is 4.73. The number of carboxylic acid groups (broad SMARTS) is 1. The number of allylic oxidation sites excluding steroid dienone is 2. The maximum atomic E-state index is 11.2.